The summed E-state index contributed by atoms with van der Waals surface area (Å²) in [5.74, 6) is -0.106. The van der Waals surface area contributed by atoms with Crippen LogP contribution in [0.4, 0.5) is 0 Å². The van der Waals surface area contributed by atoms with E-state index >= 15 is 0 Å². The van der Waals surface area contributed by atoms with Gasteiger partial charge in [0, 0.05) is 31.7 Å². The zero-order chi connectivity index (χ0) is 11.5. The molecule has 1 saturated heterocycles. The van der Waals surface area contributed by atoms with Crippen molar-refractivity contribution in [3.8, 4) is 0 Å². The average molecular weight is 221 g/mol. The molecule has 0 spiro atoms. The summed E-state index contributed by atoms with van der Waals surface area (Å²) in [4.78, 5) is 27.4. The molecule has 1 aliphatic rings. The molecule has 2 N–H and O–H groups in total. The molecule has 0 aromatic carbocycles. The van der Waals surface area contributed by atoms with Crippen LogP contribution in [0.3, 0.4) is 0 Å². The van der Waals surface area contributed by atoms with Gasteiger partial charge in [-0.25, -0.2) is 0 Å². The number of hydrogen-bond donors (Lipinski definition) is 2. The number of rotatable bonds is 1. The Kier molecular flexibility index (Phi) is 3.05. The predicted octanol–water partition coefficient (Wildman–Crippen LogP) is -0.191. The van der Waals surface area contributed by atoms with Crippen molar-refractivity contribution in [2.24, 2.45) is 0 Å². The van der Waals surface area contributed by atoms with Gasteiger partial charge in [-0.15, -0.1) is 0 Å². The van der Waals surface area contributed by atoms with E-state index in [1.54, 1.807) is 17.0 Å². The molecule has 0 saturated carbocycles. The van der Waals surface area contributed by atoms with Crippen LogP contribution >= 0.6 is 0 Å². The maximum Gasteiger partial charge on any atom is 0.270 e. The second kappa shape index (κ2) is 4.49. The van der Waals surface area contributed by atoms with E-state index in [-0.39, 0.29) is 11.5 Å². The molecule has 0 bridgehead atoms. The van der Waals surface area contributed by atoms with E-state index in [0.717, 1.165) is 6.54 Å². The summed E-state index contributed by atoms with van der Waals surface area (Å²) in [6, 6.07) is 4.93. The summed E-state index contributed by atoms with van der Waals surface area (Å²) in [5.41, 5.74) is 0.121. The average Bonchev–Trinajstić information content (AvgIpc) is 2.28. The van der Waals surface area contributed by atoms with Crippen LogP contribution < -0.4 is 10.9 Å². The van der Waals surface area contributed by atoms with Crippen molar-refractivity contribution < 1.29 is 4.79 Å². The molecule has 0 radical (unpaired) electrons. The van der Waals surface area contributed by atoms with E-state index in [9.17, 15) is 9.59 Å². The van der Waals surface area contributed by atoms with Gasteiger partial charge >= 0.3 is 0 Å². The first-order valence-electron chi connectivity index (χ1n) is 5.39. The molecule has 16 heavy (non-hydrogen) atoms. The summed E-state index contributed by atoms with van der Waals surface area (Å²) >= 11 is 0. The van der Waals surface area contributed by atoms with Crippen LogP contribution in [0.2, 0.25) is 0 Å². The third kappa shape index (κ3) is 2.30. The lowest BCUT2D eigenvalue weighted by Crippen LogP contribution is -2.51. The molecule has 1 amide bonds. The zero-order valence-corrected chi connectivity index (χ0v) is 9.19. The lowest BCUT2D eigenvalue weighted by molar-refractivity contribution is 0.0703. The first kappa shape index (κ1) is 10.9. The van der Waals surface area contributed by atoms with Crippen LogP contribution in [-0.2, 0) is 0 Å². The summed E-state index contributed by atoms with van der Waals surface area (Å²) in [5, 5.41) is 3.26. The maximum absolute atomic E-state index is 12.0. The Morgan fingerprint density at radius 3 is 3.00 bits per heavy atom. The molecule has 86 valence electrons. The Morgan fingerprint density at radius 2 is 2.31 bits per heavy atom. The first-order valence-corrected chi connectivity index (χ1v) is 5.39. The van der Waals surface area contributed by atoms with E-state index in [4.69, 9.17) is 0 Å². The van der Waals surface area contributed by atoms with Gasteiger partial charge in [-0.1, -0.05) is 6.07 Å². The first-order chi connectivity index (χ1) is 7.66. The number of amides is 1. The number of pyridine rings is 1. The van der Waals surface area contributed by atoms with Gasteiger partial charge in [0.1, 0.15) is 5.69 Å². The second-order valence-electron chi connectivity index (χ2n) is 4.04. The zero-order valence-electron chi connectivity index (χ0n) is 9.19. The monoisotopic (exact) mass is 221 g/mol. The Morgan fingerprint density at radius 1 is 1.50 bits per heavy atom. The van der Waals surface area contributed by atoms with E-state index < -0.39 is 0 Å². The molecule has 5 heteroatoms. The molecule has 1 unspecified atom stereocenters. The molecule has 1 aliphatic heterocycles. The minimum atomic E-state index is -0.242. The molecule has 1 aromatic rings. The van der Waals surface area contributed by atoms with Gasteiger partial charge in [0.2, 0.25) is 5.56 Å². The summed E-state index contributed by atoms with van der Waals surface area (Å²) in [7, 11) is 0. The number of piperazine rings is 1. The SMILES string of the molecule is CC1CN(C(=O)c2cccc(=O)[nH]2)CCN1. The molecule has 5 nitrogen and oxygen atoms in total. The van der Waals surface area contributed by atoms with Crippen LogP contribution in [0.1, 0.15) is 17.4 Å². The van der Waals surface area contributed by atoms with Gasteiger partial charge in [0.25, 0.3) is 5.91 Å². The minimum Gasteiger partial charge on any atom is -0.335 e. The molecule has 1 atom stereocenters. The highest BCUT2D eigenvalue weighted by atomic mass is 16.2. The van der Waals surface area contributed by atoms with Crippen LogP contribution in [-0.4, -0.2) is 41.5 Å². The highest BCUT2D eigenvalue weighted by Gasteiger charge is 2.21. The van der Waals surface area contributed by atoms with E-state index in [0.29, 0.717) is 24.8 Å². The molecular formula is C11H15N3O2. The highest BCUT2D eigenvalue weighted by Crippen LogP contribution is 2.04. The van der Waals surface area contributed by atoms with E-state index in [1.807, 2.05) is 6.92 Å². The van der Waals surface area contributed by atoms with Crippen molar-refractivity contribution in [2.45, 2.75) is 13.0 Å². The van der Waals surface area contributed by atoms with Gasteiger partial charge in [-0.05, 0) is 13.0 Å². The molecule has 2 heterocycles. The standard InChI is InChI=1S/C11H15N3O2/c1-8-7-14(6-5-12-8)11(16)9-3-2-4-10(15)13-9/h2-4,8,12H,5-7H2,1H3,(H,13,15). The summed E-state index contributed by atoms with van der Waals surface area (Å²) in [6.45, 7) is 4.19. The Balaban J connectivity index is 2.15. The van der Waals surface area contributed by atoms with Crippen molar-refractivity contribution >= 4 is 5.91 Å². The number of carbonyl (C=O) groups excluding carboxylic acids is 1. The van der Waals surface area contributed by atoms with Crippen molar-refractivity contribution in [1.29, 1.82) is 0 Å². The van der Waals surface area contributed by atoms with Crippen LogP contribution in [0.25, 0.3) is 0 Å². The highest BCUT2D eigenvalue weighted by molar-refractivity contribution is 5.92. The van der Waals surface area contributed by atoms with Crippen molar-refractivity contribution in [3.63, 3.8) is 0 Å². The van der Waals surface area contributed by atoms with Gasteiger partial charge < -0.3 is 15.2 Å². The minimum absolute atomic E-state index is 0.106. The molecule has 1 fully saturated rings. The maximum atomic E-state index is 12.0. The van der Waals surface area contributed by atoms with Gasteiger partial charge in [-0.3, -0.25) is 9.59 Å². The Bertz CT molecular complexity index is 441. The van der Waals surface area contributed by atoms with Crippen LogP contribution in [0, 0.1) is 0 Å². The number of nitrogens with zero attached hydrogens (tertiary/aromatic N) is 1. The third-order valence-corrected chi connectivity index (χ3v) is 2.65. The second-order valence-corrected chi connectivity index (χ2v) is 4.04. The van der Waals surface area contributed by atoms with Gasteiger partial charge in [0.15, 0.2) is 0 Å². The fourth-order valence-corrected chi connectivity index (χ4v) is 1.86. The summed E-state index contributed by atoms with van der Waals surface area (Å²) in [6.07, 6.45) is 0. The lowest BCUT2D eigenvalue weighted by atomic mass is 10.2. The smallest absolute Gasteiger partial charge is 0.270 e. The van der Waals surface area contributed by atoms with Crippen molar-refractivity contribution in [1.82, 2.24) is 15.2 Å². The van der Waals surface area contributed by atoms with E-state index in [2.05, 4.69) is 10.3 Å². The Hall–Kier alpha value is -1.62. The van der Waals surface area contributed by atoms with Gasteiger partial charge in [-0.2, -0.15) is 0 Å². The van der Waals surface area contributed by atoms with Crippen molar-refractivity contribution in [2.75, 3.05) is 19.6 Å². The lowest BCUT2D eigenvalue weighted by Gasteiger charge is -2.31. The quantitative estimate of drug-likeness (QED) is 0.690. The number of aromatic nitrogens is 1. The Labute approximate surface area is 93.5 Å². The summed E-state index contributed by atoms with van der Waals surface area (Å²) < 4.78 is 0. The van der Waals surface area contributed by atoms with Crippen LogP contribution in [0.15, 0.2) is 23.0 Å². The van der Waals surface area contributed by atoms with Crippen LogP contribution in [0.5, 0.6) is 0 Å². The number of carbonyl (C=O) groups is 1. The van der Waals surface area contributed by atoms with Crippen molar-refractivity contribution in [3.05, 3.63) is 34.2 Å². The molecule has 1 aromatic heterocycles. The van der Waals surface area contributed by atoms with Gasteiger partial charge in [0.05, 0.1) is 0 Å². The fraction of sp³-hybridized carbons (Fsp3) is 0.455. The van der Waals surface area contributed by atoms with E-state index in [1.165, 1.54) is 6.07 Å². The topological polar surface area (TPSA) is 65.2 Å². The number of nitrogens with one attached hydrogen (secondary N) is 2. The fourth-order valence-electron chi connectivity index (χ4n) is 1.86. The molecular weight excluding hydrogens is 206 g/mol. The molecule has 0 aliphatic carbocycles. The molecule has 2 rings (SSSR count). The number of aromatic amines is 1. The third-order valence-electron chi connectivity index (χ3n) is 2.65. The number of hydrogen-bond acceptors (Lipinski definition) is 3. The normalized spacial score (nSPS) is 20.8. The predicted molar refractivity (Wildman–Crippen MR) is 60.4 cm³/mol. The largest absolute Gasteiger partial charge is 0.335 e. The number of H-pyrrole nitrogens is 1.